The van der Waals surface area contributed by atoms with E-state index in [2.05, 4.69) is 33.9 Å². The van der Waals surface area contributed by atoms with Crippen LogP contribution in [0.3, 0.4) is 0 Å². The lowest BCUT2D eigenvalue weighted by atomic mass is 10.2. The van der Waals surface area contributed by atoms with Gasteiger partial charge in [0.05, 0.1) is 10.2 Å². The third-order valence-corrected chi connectivity index (χ3v) is 9.17. The van der Waals surface area contributed by atoms with Gasteiger partial charge in [0, 0.05) is 5.56 Å². The molecule has 19 heavy (non-hydrogen) atoms. The van der Waals surface area contributed by atoms with Crippen molar-refractivity contribution in [3.05, 3.63) is 31.9 Å². The first-order valence-electron chi connectivity index (χ1n) is 5.93. The van der Waals surface area contributed by atoms with Crippen LogP contribution in [-0.4, -0.2) is 8.32 Å². The summed E-state index contributed by atoms with van der Waals surface area (Å²) in [4.78, 5) is 0. The van der Waals surface area contributed by atoms with E-state index in [4.69, 9.17) is 16.0 Å². The zero-order valence-corrected chi connectivity index (χ0v) is 15.6. The smallest absolute Gasteiger partial charge is 0.192 e. The van der Waals surface area contributed by atoms with Crippen molar-refractivity contribution in [2.75, 3.05) is 0 Å². The topological polar surface area (TPSA) is 9.23 Å². The van der Waals surface area contributed by atoms with Crippen molar-refractivity contribution >= 4 is 42.5 Å². The van der Waals surface area contributed by atoms with Crippen LogP contribution in [-0.2, 0) is 11.0 Å². The van der Waals surface area contributed by atoms with Crippen LogP contribution in [0, 0.1) is 15.2 Å². The average Bonchev–Trinajstić information content (AvgIpc) is 2.28. The molecule has 0 unspecified atom stereocenters. The van der Waals surface area contributed by atoms with Crippen LogP contribution >= 0.6 is 34.2 Å². The highest BCUT2D eigenvalue weighted by Gasteiger charge is 2.37. The predicted molar refractivity (Wildman–Crippen MR) is 86.1 cm³/mol. The second kappa shape index (κ2) is 5.95. The number of benzene rings is 1. The molecular weight excluding hydrogens is 401 g/mol. The lowest BCUT2D eigenvalue weighted by Crippen LogP contribution is -2.40. The van der Waals surface area contributed by atoms with Gasteiger partial charge in [0.15, 0.2) is 14.1 Å². The summed E-state index contributed by atoms with van der Waals surface area (Å²) in [6, 6.07) is 1.45. The molecule has 1 nitrogen and oxygen atoms in total. The van der Waals surface area contributed by atoms with E-state index < -0.39 is 25.0 Å². The molecule has 0 radical (unpaired) electrons. The Morgan fingerprint density at radius 2 is 1.79 bits per heavy atom. The van der Waals surface area contributed by atoms with E-state index >= 15 is 0 Å². The van der Waals surface area contributed by atoms with E-state index in [1.165, 1.54) is 6.07 Å². The van der Waals surface area contributed by atoms with Crippen molar-refractivity contribution in [2.24, 2.45) is 0 Å². The zero-order valence-electron chi connectivity index (χ0n) is 11.7. The molecule has 0 aliphatic heterocycles. The van der Waals surface area contributed by atoms with Crippen LogP contribution in [0.5, 0.6) is 0 Å². The van der Waals surface area contributed by atoms with E-state index in [0.717, 1.165) is 0 Å². The number of hydrogen-bond donors (Lipinski definition) is 0. The van der Waals surface area contributed by atoms with Crippen LogP contribution in [0.1, 0.15) is 26.3 Å². The van der Waals surface area contributed by atoms with E-state index in [1.54, 1.807) is 22.6 Å². The van der Waals surface area contributed by atoms with Crippen LogP contribution in [0.4, 0.5) is 8.78 Å². The molecule has 0 atom stereocenters. The summed E-state index contributed by atoms with van der Waals surface area (Å²) in [6.45, 7) is 10.6. The van der Waals surface area contributed by atoms with Gasteiger partial charge in [-0.3, -0.25) is 0 Å². The van der Waals surface area contributed by atoms with Gasteiger partial charge in [-0.05, 0) is 46.8 Å². The zero-order chi connectivity index (χ0) is 15.0. The number of hydrogen-bond acceptors (Lipinski definition) is 1. The summed E-state index contributed by atoms with van der Waals surface area (Å²) in [5, 5.41) is -0.416. The van der Waals surface area contributed by atoms with Gasteiger partial charge in [0.25, 0.3) is 0 Å². The Bertz CT molecular complexity index is 487. The molecule has 0 fully saturated rings. The Balaban J connectivity index is 2.97. The van der Waals surface area contributed by atoms with Gasteiger partial charge in [0.2, 0.25) is 0 Å². The largest absolute Gasteiger partial charge is 0.412 e. The molecule has 0 amide bonds. The Kier molecular flexibility index (Phi) is 5.43. The van der Waals surface area contributed by atoms with Crippen molar-refractivity contribution < 1.29 is 13.2 Å². The minimum atomic E-state index is -1.96. The summed E-state index contributed by atoms with van der Waals surface area (Å²) in [5.74, 6) is -1.44. The van der Waals surface area contributed by atoms with Crippen molar-refractivity contribution in [1.82, 2.24) is 0 Å². The van der Waals surface area contributed by atoms with Gasteiger partial charge < -0.3 is 4.43 Å². The third kappa shape index (κ3) is 3.89. The van der Waals surface area contributed by atoms with E-state index in [9.17, 15) is 8.78 Å². The van der Waals surface area contributed by atoms with Crippen molar-refractivity contribution in [2.45, 2.75) is 45.5 Å². The quantitative estimate of drug-likeness (QED) is 0.263. The Hall–Kier alpha value is 0.277. The molecule has 0 spiro atoms. The van der Waals surface area contributed by atoms with E-state index in [0.29, 0.717) is 9.13 Å². The standard InChI is InChI=1S/C13H18ClF2IOSi/c1-13(2,3)19(4,5)18-7-8-6-9(17)12(16)10(14)11(8)15/h6H,7H2,1-5H3. The first kappa shape index (κ1) is 17.3. The Morgan fingerprint density at radius 1 is 1.26 bits per heavy atom. The second-order valence-electron chi connectivity index (χ2n) is 6.01. The molecule has 0 heterocycles. The van der Waals surface area contributed by atoms with E-state index in [1.807, 2.05) is 0 Å². The van der Waals surface area contributed by atoms with Crippen LogP contribution < -0.4 is 0 Å². The third-order valence-electron chi connectivity index (χ3n) is 3.57. The van der Waals surface area contributed by atoms with Crippen LogP contribution in [0.15, 0.2) is 6.07 Å². The molecule has 1 aromatic rings. The highest BCUT2D eigenvalue weighted by Crippen LogP contribution is 2.37. The minimum absolute atomic E-state index is 0.0421. The summed E-state index contributed by atoms with van der Waals surface area (Å²) in [7, 11) is -1.96. The van der Waals surface area contributed by atoms with Crippen LogP contribution in [0.2, 0.25) is 23.2 Å². The van der Waals surface area contributed by atoms with Gasteiger partial charge in [0.1, 0.15) is 10.8 Å². The normalized spacial score (nSPS) is 12.9. The summed E-state index contributed by atoms with van der Waals surface area (Å²) in [6.07, 6.45) is 0. The maximum absolute atomic E-state index is 13.9. The lowest BCUT2D eigenvalue weighted by molar-refractivity contribution is 0.271. The van der Waals surface area contributed by atoms with Gasteiger partial charge in [-0.2, -0.15) is 0 Å². The summed E-state index contributed by atoms with van der Waals surface area (Å²) >= 11 is 7.43. The van der Waals surface area contributed by atoms with Gasteiger partial charge in [-0.15, -0.1) is 0 Å². The van der Waals surface area contributed by atoms with Crippen LogP contribution in [0.25, 0.3) is 0 Å². The molecule has 0 N–H and O–H groups in total. The highest BCUT2D eigenvalue weighted by atomic mass is 127. The number of halogens is 4. The van der Waals surface area contributed by atoms with Crippen molar-refractivity contribution in [3.63, 3.8) is 0 Å². The molecule has 0 saturated heterocycles. The molecule has 1 aromatic carbocycles. The molecule has 0 aromatic heterocycles. The highest BCUT2D eigenvalue weighted by molar-refractivity contribution is 14.1. The van der Waals surface area contributed by atoms with Gasteiger partial charge in [-0.25, -0.2) is 8.78 Å². The Morgan fingerprint density at radius 3 is 2.26 bits per heavy atom. The number of rotatable bonds is 3. The molecule has 6 heteroatoms. The van der Waals surface area contributed by atoms with Crippen molar-refractivity contribution in [1.29, 1.82) is 0 Å². The molecule has 0 aliphatic rings. The first-order chi connectivity index (χ1) is 8.47. The molecule has 0 saturated carbocycles. The van der Waals surface area contributed by atoms with Gasteiger partial charge >= 0.3 is 0 Å². The molecular formula is C13H18ClF2IOSi. The fraction of sp³-hybridized carbons (Fsp3) is 0.538. The molecule has 0 aliphatic carbocycles. The first-order valence-corrected chi connectivity index (χ1v) is 10.3. The second-order valence-corrected chi connectivity index (χ2v) is 12.4. The predicted octanol–water partition coefficient (Wildman–Crippen LogP) is 5.74. The molecule has 108 valence electrons. The Labute approximate surface area is 133 Å². The lowest BCUT2D eigenvalue weighted by Gasteiger charge is -2.36. The minimum Gasteiger partial charge on any atom is -0.412 e. The summed E-state index contributed by atoms with van der Waals surface area (Å²) in [5.41, 5.74) is 0.306. The molecule has 0 bridgehead atoms. The SMILES string of the molecule is CC(C)(C)[Si](C)(C)OCc1cc(I)c(F)c(Cl)c1F. The molecule has 1 rings (SSSR count). The fourth-order valence-corrected chi connectivity index (χ4v) is 3.18. The fourth-order valence-electron chi connectivity index (χ4n) is 1.20. The summed E-state index contributed by atoms with van der Waals surface area (Å²) < 4.78 is 33.5. The van der Waals surface area contributed by atoms with E-state index in [-0.39, 0.29) is 11.6 Å². The maximum atomic E-state index is 13.9. The van der Waals surface area contributed by atoms with Gasteiger partial charge in [-0.1, -0.05) is 32.4 Å². The van der Waals surface area contributed by atoms with Crippen molar-refractivity contribution in [3.8, 4) is 0 Å². The average molecular weight is 419 g/mol. The monoisotopic (exact) mass is 418 g/mol. The maximum Gasteiger partial charge on any atom is 0.192 e.